The molecule has 0 aliphatic heterocycles. The molecular weight excluding hydrogens is 158 g/mol. The minimum atomic E-state index is 0. The molecule has 0 saturated carbocycles. The van der Waals surface area contributed by atoms with Gasteiger partial charge in [0.2, 0.25) is 6.08 Å². The second-order valence-electron chi connectivity index (χ2n) is 1.88. The highest BCUT2D eigenvalue weighted by molar-refractivity contribution is 5.83. The van der Waals surface area contributed by atoms with Gasteiger partial charge >= 0.3 is 0 Å². The van der Waals surface area contributed by atoms with Crippen molar-refractivity contribution in [3.63, 3.8) is 0 Å². The third kappa shape index (κ3) is 2.12. The van der Waals surface area contributed by atoms with Crippen LogP contribution in [0.2, 0.25) is 0 Å². The fourth-order valence-electron chi connectivity index (χ4n) is 0.738. The van der Waals surface area contributed by atoms with E-state index in [0.29, 0.717) is 17.5 Å². The number of aliphatic imine (C=N–C) groups is 1. The Labute approximate surface area is 68.9 Å². The molecule has 1 rings (SSSR count). The summed E-state index contributed by atoms with van der Waals surface area (Å²) in [6.07, 6.45) is 2.02. The number of carbonyl (C=O) groups excluding carboxylic acids is 2. The number of carbonyl (C=O) groups is 1. The van der Waals surface area contributed by atoms with Gasteiger partial charge in [0.05, 0.1) is 5.69 Å². The first-order chi connectivity index (χ1) is 5.38. The molecule has 0 saturated heterocycles. The quantitative estimate of drug-likeness (QED) is 0.366. The van der Waals surface area contributed by atoms with Crippen LogP contribution in [0.3, 0.4) is 0 Å². The summed E-state index contributed by atoms with van der Waals surface area (Å²) in [6.45, 7) is 0. The Balaban J connectivity index is 0.00000121. The lowest BCUT2D eigenvalue weighted by atomic mass is 10.2. The van der Waals surface area contributed by atoms with Crippen molar-refractivity contribution in [1.29, 1.82) is 0 Å². The number of hydrogen-bond donors (Lipinski definition) is 0. The van der Waals surface area contributed by atoms with Gasteiger partial charge in [-0.05, 0) is 12.1 Å². The van der Waals surface area contributed by atoms with Gasteiger partial charge < -0.3 is 5.48 Å². The van der Waals surface area contributed by atoms with Gasteiger partial charge in [0.1, 0.15) is 0 Å². The van der Waals surface area contributed by atoms with Gasteiger partial charge in [0.25, 0.3) is 0 Å². The lowest BCUT2D eigenvalue weighted by molar-refractivity contribution is 0.112. The molecule has 0 bridgehead atoms. The van der Waals surface area contributed by atoms with Crippen molar-refractivity contribution in [1.82, 2.24) is 0 Å². The fourth-order valence-corrected chi connectivity index (χ4v) is 0.738. The Morgan fingerprint density at radius 3 is 2.58 bits per heavy atom. The van der Waals surface area contributed by atoms with Crippen molar-refractivity contribution in [2.24, 2.45) is 4.99 Å². The largest absolute Gasteiger partial charge is 0.412 e. The molecule has 0 unspecified atom stereocenters. The van der Waals surface area contributed by atoms with E-state index >= 15 is 0 Å². The minimum Gasteiger partial charge on any atom is -0.412 e. The van der Waals surface area contributed by atoms with Crippen molar-refractivity contribution in [3.8, 4) is 0 Å². The lowest BCUT2D eigenvalue weighted by Crippen LogP contribution is -1.78. The van der Waals surface area contributed by atoms with Crippen LogP contribution < -0.4 is 0 Å². The number of hydrogen-bond acceptors (Lipinski definition) is 3. The Kier molecular flexibility index (Phi) is 4.23. The zero-order valence-electron chi connectivity index (χ0n) is 6.15. The molecule has 0 amide bonds. The summed E-state index contributed by atoms with van der Waals surface area (Å²) in [5.74, 6) is 0. The van der Waals surface area contributed by atoms with Crippen molar-refractivity contribution in [3.05, 3.63) is 29.8 Å². The van der Waals surface area contributed by atoms with E-state index in [1.165, 1.54) is 6.08 Å². The number of benzene rings is 1. The first-order valence-corrected chi connectivity index (χ1v) is 3.00. The summed E-state index contributed by atoms with van der Waals surface area (Å²) >= 11 is 0. The summed E-state index contributed by atoms with van der Waals surface area (Å²) in [4.78, 5) is 23.5. The van der Waals surface area contributed by atoms with Crippen LogP contribution in [0, 0.1) is 0 Å². The highest BCUT2D eigenvalue weighted by Gasteiger charge is 1.95. The second-order valence-corrected chi connectivity index (χ2v) is 1.88. The lowest BCUT2D eigenvalue weighted by Gasteiger charge is -1.91. The molecule has 1 aromatic carbocycles. The van der Waals surface area contributed by atoms with Crippen LogP contribution in [0.4, 0.5) is 5.69 Å². The van der Waals surface area contributed by atoms with E-state index in [1.807, 2.05) is 0 Å². The van der Waals surface area contributed by atoms with Gasteiger partial charge in [-0.25, -0.2) is 4.79 Å². The first-order valence-electron chi connectivity index (χ1n) is 3.00. The molecule has 2 N–H and O–H groups in total. The Bertz CT molecular complexity index is 316. The predicted octanol–water partition coefficient (Wildman–Crippen LogP) is 0.642. The van der Waals surface area contributed by atoms with Crippen LogP contribution in [0.15, 0.2) is 29.3 Å². The van der Waals surface area contributed by atoms with Gasteiger partial charge in [-0.3, -0.25) is 4.79 Å². The number of para-hydroxylation sites is 1. The second kappa shape index (κ2) is 4.96. The van der Waals surface area contributed by atoms with Crippen LogP contribution in [0.5, 0.6) is 0 Å². The Morgan fingerprint density at radius 1 is 1.33 bits per heavy atom. The smallest absolute Gasteiger partial charge is 0.240 e. The van der Waals surface area contributed by atoms with E-state index in [4.69, 9.17) is 0 Å². The normalized spacial score (nSPS) is 7.67. The Morgan fingerprint density at radius 2 is 2.00 bits per heavy atom. The van der Waals surface area contributed by atoms with Crippen LogP contribution in [0.25, 0.3) is 0 Å². The van der Waals surface area contributed by atoms with Gasteiger partial charge in [-0.1, -0.05) is 12.1 Å². The predicted molar refractivity (Wildman–Crippen MR) is 43.2 cm³/mol. The number of nitrogens with zero attached hydrogens (tertiary/aromatic N) is 1. The maximum Gasteiger partial charge on any atom is 0.240 e. The van der Waals surface area contributed by atoms with E-state index < -0.39 is 0 Å². The summed E-state index contributed by atoms with van der Waals surface area (Å²) in [6, 6.07) is 6.56. The summed E-state index contributed by atoms with van der Waals surface area (Å²) in [5.41, 5.74) is 0.758. The van der Waals surface area contributed by atoms with Gasteiger partial charge in [0.15, 0.2) is 6.29 Å². The zero-order chi connectivity index (χ0) is 8.10. The molecule has 0 fully saturated rings. The van der Waals surface area contributed by atoms with Gasteiger partial charge in [0, 0.05) is 5.56 Å². The van der Waals surface area contributed by atoms with Crippen molar-refractivity contribution >= 4 is 18.1 Å². The summed E-state index contributed by atoms with van der Waals surface area (Å²) < 4.78 is 0. The first kappa shape index (κ1) is 10.2. The fraction of sp³-hybridized carbons (Fsp3) is 0. The highest BCUT2D eigenvalue weighted by atomic mass is 16.1. The third-order valence-corrected chi connectivity index (χ3v) is 1.23. The molecule has 1 aromatic rings. The van der Waals surface area contributed by atoms with Crippen molar-refractivity contribution in [2.75, 3.05) is 0 Å². The third-order valence-electron chi connectivity index (χ3n) is 1.23. The molecule has 4 heteroatoms. The SMILES string of the molecule is O.O=C=Nc1ccccc1C=O. The van der Waals surface area contributed by atoms with E-state index in [9.17, 15) is 9.59 Å². The molecule has 0 radical (unpaired) electrons. The van der Waals surface area contributed by atoms with Crippen LogP contribution in [-0.4, -0.2) is 17.8 Å². The van der Waals surface area contributed by atoms with Crippen LogP contribution in [0.1, 0.15) is 10.4 Å². The van der Waals surface area contributed by atoms with Crippen molar-refractivity contribution < 1.29 is 15.1 Å². The van der Waals surface area contributed by atoms with Gasteiger partial charge in [-0.2, -0.15) is 4.99 Å². The number of aldehydes is 1. The molecule has 0 aliphatic carbocycles. The topological polar surface area (TPSA) is 78.0 Å². The monoisotopic (exact) mass is 165 g/mol. The zero-order valence-corrected chi connectivity index (χ0v) is 6.15. The summed E-state index contributed by atoms with van der Waals surface area (Å²) in [7, 11) is 0. The van der Waals surface area contributed by atoms with Crippen LogP contribution >= 0.6 is 0 Å². The molecule has 0 aliphatic rings. The highest BCUT2D eigenvalue weighted by Crippen LogP contribution is 2.14. The van der Waals surface area contributed by atoms with E-state index in [0.717, 1.165) is 0 Å². The molecule has 0 spiro atoms. The average Bonchev–Trinajstić information content (AvgIpc) is 2.06. The molecule has 0 heterocycles. The molecule has 12 heavy (non-hydrogen) atoms. The maximum absolute atomic E-state index is 10.3. The van der Waals surface area contributed by atoms with E-state index in [2.05, 4.69) is 4.99 Å². The standard InChI is InChI=1S/C8H5NO2.H2O/c10-5-7-3-1-2-4-8(7)9-6-11;/h1-5H;1H2. The maximum atomic E-state index is 10.3. The minimum absolute atomic E-state index is 0. The number of rotatable bonds is 2. The van der Waals surface area contributed by atoms with E-state index in [1.54, 1.807) is 24.3 Å². The molecule has 0 aromatic heterocycles. The number of isocyanates is 1. The summed E-state index contributed by atoms with van der Waals surface area (Å²) in [5, 5.41) is 0. The Hall–Kier alpha value is -1.77. The van der Waals surface area contributed by atoms with Crippen molar-refractivity contribution in [2.45, 2.75) is 0 Å². The van der Waals surface area contributed by atoms with Gasteiger partial charge in [-0.15, -0.1) is 0 Å². The van der Waals surface area contributed by atoms with Crippen LogP contribution in [-0.2, 0) is 4.79 Å². The molecule has 4 nitrogen and oxygen atoms in total. The van der Waals surface area contributed by atoms with E-state index in [-0.39, 0.29) is 5.48 Å². The molecule has 62 valence electrons. The molecular formula is C8H7NO3. The molecule has 0 atom stereocenters. The average molecular weight is 165 g/mol.